The third kappa shape index (κ3) is 5.53. The predicted molar refractivity (Wildman–Crippen MR) is 124 cm³/mol. The summed E-state index contributed by atoms with van der Waals surface area (Å²) in [5.41, 5.74) is 4.63. The van der Waals surface area contributed by atoms with E-state index in [4.69, 9.17) is 9.84 Å². The third-order valence-electron chi connectivity index (χ3n) is 6.52. The molecular formula is C26H30N2O5. The number of ether oxygens (including phenoxy) is 1. The van der Waals surface area contributed by atoms with E-state index in [1.807, 2.05) is 31.2 Å². The van der Waals surface area contributed by atoms with Crippen molar-refractivity contribution in [2.45, 2.75) is 57.0 Å². The van der Waals surface area contributed by atoms with Crippen LogP contribution < -0.4 is 10.6 Å². The number of carbonyl (C=O) groups is 3. The summed E-state index contributed by atoms with van der Waals surface area (Å²) in [5, 5.41) is 14.6. The molecule has 2 aromatic rings. The van der Waals surface area contributed by atoms with Gasteiger partial charge in [0.25, 0.3) is 0 Å². The minimum atomic E-state index is -0.947. The van der Waals surface area contributed by atoms with Crippen molar-refractivity contribution in [3.8, 4) is 11.1 Å². The van der Waals surface area contributed by atoms with Crippen molar-refractivity contribution in [3.63, 3.8) is 0 Å². The molecule has 2 aromatic carbocycles. The number of rotatable bonds is 10. The van der Waals surface area contributed by atoms with Crippen molar-refractivity contribution in [1.29, 1.82) is 0 Å². The maximum Gasteiger partial charge on any atom is 0.407 e. The quantitative estimate of drug-likeness (QED) is 0.506. The molecule has 7 heteroatoms. The van der Waals surface area contributed by atoms with Gasteiger partial charge >= 0.3 is 12.1 Å². The van der Waals surface area contributed by atoms with Crippen molar-refractivity contribution in [2.75, 3.05) is 6.61 Å². The summed E-state index contributed by atoms with van der Waals surface area (Å²) in [4.78, 5) is 36.0. The Kier molecular flexibility index (Phi) is 6.96. The lowest BCUT2D eigenvalue weighted by atomic mass is 9.98. The highest BCUT2D eigenvalue weighted by molar-refractivity contribution is 5.80. The fraction of sp³-hybridized carbons (Fsp3) is 0.423. The SMILES string of the molecule is CC[C@H](CC(=O)O)NC(=O)CC(NC(=O)OCC1c2ccccc2-c2ccccc21)C1CC1. The van der Waals surface area contributed by atoms with Crippen LogP contribution in [0.1, 0.15) is 56.1 Å². The van der Waals surface area contributed by atoms with E-state index in [0.29, 0.717) is 6.42 Å². The van der Waals surface area contributed by atoms with Gasteiger partial charge in [0.1, 0.15) is 6.61 Å². The summed E-state index contributed by atoms with van der Waals surface area (Å²) < 4.78 is 5.63. The average molecular weight is 451 g/mol. The normalized spacial score (nSPS) is 16.3. The number of amides is 2. The number of alkyl carbamates (subject to hydrolysis) is 1. The molecular weight excluding hydrogens is 420 g/mol. The maximum atomic E-state index is 12.6. The van der Waals surface area contributed by atoms with Gasteiger partial charge in [-0.1, -0.05) is 55.5 Å². The molecule has 2 aliphatic carbocycles. The number of fused-ring (bicyclic) bond motifs is 3. The number of hydrogen-bond acceptors (Lipinski definition) is 4. The number of carboxylic acid groups (broad SMARTS) is 1. The number of nitrogens with one attached hydrogen (secondary N) is 2. The molecule has 4 rings (SSSR count). The first-order valence-electron chi connectivity index (χ1n) is 11.6. The molecule has 33 heavy (non-hydrogen) atoms. The summed E-state index contributed by atoms with van der Waals surface area (Å²) in [7, 11) is 0. The maximum absolute atomic E-state index is 12.6. The smallest absolute Gasteiger partial charge is 0.407 e. The first-order valence-corrected chi connectivity index (χ1v) is 11.6. The Morgan fingerprint density at radius 2 is 1.58 bits per heavy atom. The van der Waals surface area contributed by atoms with E-state index in [1.165, 1.54) is 11.1 Å². The van der Waals surface area contributed by atoms with Gasteiger partial charge in [-0.05, 0) is 47.4 Å². The van der Waals surface area contributed by atoms with Crippen molar-refractivity contribution in [2.24, 2.45) is 5.92 Å². The van der Waals surface area contributed by atoms with E-state index in [0.717, 1.165) is 24.0 Å². The molecule has 2 aliphatic rings. The molecule has 174 valence electrons. The van der Waals surface area contributed by atoms with E-state index < -0.39 is 18.1 Å². The number of aliphatic carboxylic acids is 1. The lowest BCUT2D eigenvalue weighted by molar-refractivity contribution is -0.137. The number of benzene rings is 2. The van der Waals surface area contributed by atoms with Gasteiger partial charge in [0.2, 0.25) is 5.91 Å². The van der Waals surface area contributed by atoms with Crippen LogP contribution in [0.5, 0.6) is 0 Å². The van der Waals surface area contributed by atoms with Crippen LogP contribution in [0.2, 0.25) is 0 Å². The average Bonchev–Trinajstić information content (AvgIpc) is 3.59. The Morgan fingerprint density at radius 3 is 2.12 bits per heavy atom. The zero-order valence-electron chi connectivity index (χ0n) is 18.8. The summed E-state index contributed by atoms with van der Waals surface area (Å²) >= 11 is 0. The van der Waals surface area contributed by atoms with Crippen LogP contribution in [0.25, 0.3) is 11.1 Å². The van der Waals surface area contributed by atoms with Crippen LogP contribution in [0.3, 0.4) is 0 Å². The Bertz CT molecular complexity index is 987. The Morgan fingerprint density at radius 1 is 0.970 bits per heavy atom. The van der Waals surface area contributed by atoms with E-state index in [1.54, 1.807) is 0 Å². The lowest BCUT2D eigenvalue weighted by Crippen LogP contribution is -2.43. The summed E-state index contributed by atoms with van der Waals surface area (Å²) in [6, 6.07) is 15.6. The van der Waals surface area contributed by atoms with Gasteiger partial charge in [-0.3, -0.25) is 9.59 Å². The molecule has 1 saturated carbocycles. The van der Waals surface area contributed by atoms with Crippen molar-refractivity contribution >= 4 is 18.0 Å². The van der Waals surface area contributed by atoms with E-state index in [2.05, 4.69) is 34.9 Å². The molecule has 0 aliphatic heterocycles. The van der Waals surface area contributed by atoms with Crippen LogP contribution in [-0.2, 0) is 14.3 Å². The van der Waals surface area contributed by atoms with E-state index >= 15 is 0 Å². The molecule has 0 heterocycles. The molecule has 0 bridgehead atoms. The molecule has 0 spiro atoms. The fourth-order valence-corrected chi connectivity index (χ4v) is 4.62. The van der Waals surface area contributed by atoms with E-state index in [9.17, 15) is 14.4 Å². The standard InChI is InChI=1S/C26H30N2O5/c1-2-17(13-25(30)31)27-24(29)14-23(16-11-12-16)28-26(32)33-15-22-20-9-5-3-7-18(20)19-8-4-6-10-21(19)22/h3-10,16-17,22-23H,2,11-15H2,1H3,(H,27,29)(H,28,32)(H,30,31)/t17-,23?/m1/s1. The van der Waals surface area contributed by atoms with Gasteiger partial charge in [0.05, 0.1) is 6.42 Å². The zero-order valence-corrected chi connectivity index (χ0v) is 18.8. The monoisotopic (exact) mass is 450 g/mol. The van der Waals surface area contributed by atoms with Gasteiger partial charge in [0.15, 0.2) is 0 Å². The molecule has 3 N–H and O–H groups in total. The molecule has 0 aromatic heterocycles. The van der Waals surface area contributed by atoms with Crippen LogP contribution >= 0.6 is 0 Å². The Balaban J connectivity index is 1.34. The zero-order chi connectivity index (χ0) is 23.4. The molecule has 2 amide bonds. The van der Waals surface area contributed by atoms with Crippen molar-refractivity contribution in [1.82, 2.24) is 10.6 Å². The molecule has 7 nitrogen and oxygen atoms in total. The number of carboxylic acids is 1. The minimum Gasteiger partial charge on any atom is -0.481 e. The van der Waals surface area contributed by atoms with Crippen LogP contribution in [-0.4, -0.2) is 41.8 Å². The second kappa shape index (κ2) is 10.1. The highest BCUT2D eigenvalue weighted by Gasteiger charge is 2.35. The van der Waals surface area contributed by atoms with Crippen LogP contribution in [0, 0.1) is 5.92 Å². The summed E-state index contributed by atoms with van der Waals surface area (Å²) in [6.45, 7) is 2.06. The number of hydrogen-bond donors (Lipinski definition) is 3. The molecule has 0 saturated heterocycles. The summed E-state index contributed by atoms with van der Waals surface area (Å²) in [6.07, 6.45) is 1.91. The van der Waals surface area contributed by atoms with Gasteiger partial charge in [-0.25, -0.2) is 4.79 Å². The highest BCUT2D eigenvalue weighted by atomic mass is 16.5. The van der Waals surface area contributed by atoms with Gasteiger partial charge in [-0.2, -0.15) is 0 Å². The van der Waals surface area contributed by atoms with Gasteiger partial charge in [0, 0.05) is 24.4 Å². The minimum absolute atomic E-state index is 0.0212. The Labute approximate surface area is 193 Å². The first-order chi connectivity index (χ1) is 16.0. The van der Waals surface area contributed by atoms with E-state index in [-0.39, 0.29) is 43.2 Å². The number of carbonyl (C=O) groups excluding carboxylic acids is 2. The van der Waals surface area contributed by atoms with Crippen LogP contribution in [0.4, 0.5) is 4.79 Å². The van der Waals surface area contributed by atoms with Gasteiger partial charge < -0.3 is 20.5 Å². The van der Waals surface area contributed by atoms with Gasteiger partial charge in [-0.15, -0.1) is 0 Å². The van der Waals surface area contributed by atoms with Crippen molar-refractivity contribution < 1.29 is 24.2 Å². The Hall–Kier alpha value is -3.35. The van der Waals surface area contributed by atoms with Crippen molar-refractivity contribution in [3.05, 3.63) is 59.7 Å². The molecule has 2 atom stereocenters. The largest absolute Gasteiger partial charge is 0.481 e. The molecule has 1 fully saturated rings. The third-order valence-corrected chi connectivity index (χ3v) is 6.52. The molecule has 1 unspecified atom stereocenters. The highest BCUT2D eigenvalue weighted by Crippen LogP contribution is 2.44. The second-order valence-corrected chi connectivity index (χ2v) is 8.89. The van der Waals surface area contributed by atoms with Crippen LogP contribution in [0.15, 0.2) is 48.5 Å². The predicted octanol–water partition coefficient (Wildman–Crippen LogP) is 4.06. The topological polar surface area (TPSA) is 105 Å². The summed E-state index contributed by atoms with van der Waals surface area (Å²) in [5.74, 6) is -0.973. The second-order valence-electron chi connectivity index (χ2n) is 8.89. The first kappa shape index (κ1) is 22.8. The molecule has 0 radical (unpaired) electrons. The lowest BCUT2D eigenvalue weighted by Gasteiger charge is -2.21. The fourth-order valence-electron chi connectivity index (χ4n) is 4.62.